The first-order chi connectivity index (χ1) is 8.21. The summed E-state index contributed by atoms with van der Waals surface area (Å²) in [6, 6.07) is -11.2. The highest BCUT2D eigenvalue weighted by atomic mass is 19.4. The third-order valence-corrected chi connectivity index (χ3v) is 1.97. The highest BCUT2D eigenvalue weighted by Crippen LogP contribution is 2.40. The molecule has 12 heteroatoms. The smallest absolute Gasteiger partial charge is 0.166 e. The zero-order valence-electron chi connectivity index (χ0n) is 8.41. The Bertz CT molecular complexity index is 413. The number of rotatable bonds is 2. The van der Waals surface area contributed by atoms with Crippen molar-refractivity contribution in [2.45, 2.75) is 24.4 Å². The van der Waals surface area contributed by atoms with Gasteiger partial charge >= 0.3 is 24.4 Å². The van der Waals surface area contributed by atoms with Gasteiger partial charge in [-0.2, -0.15) is 53.0 Å². The number of halogens is 10. The summed E-state index contributed by atoms with van der Waals surface area (Å²) < 4.78 is 120. The lowest BCUT2D eigenvalue weighted by atomic mass is 10.5. The monoisotopic (exact) mass is 305 g/mol. The number of alkyl halides is 10. The minimum absolute atomic E-state index is 0.243. The van der Waals surface area contributed by atoms with Gasteiger partial charge in [0.25, 0.3) is 6.33 Å². The van der Waals surface area contributed by atoms with Gasteiger partial charge in [0.15, 0.2) is 0 Å². The van der Waals surface area contributed by atoms with Crippen LogP contribution >= 0.6 is 0 Å². The molecular formula is C7H3F10N2+. The van der Waals surface area contributed by atoms with Crippen molar-refractivity contribution < 1.29 is 48.5 Å². The average molecular weight is 305 g/mol. The van der Waals surface area contributed by atoms with Crippen LogP contribution in [0.1, 0.15) is 0 Å². The lowest BCUT2D eigenvalue weighted by molar-refractivity contribution is -0.851. The van der Waals surface area contributed by atoms with E-state index in [-0.39, 0.29) is 12.4 Å². The zero-order chi connectivity index (χ0) is 15.3. The van der Waals surface area contributed by atoms with Gasteiger partial charge in [0, 0.05) is 0 Å². The maximum Gasteiger partial charge on any atom is 0.500 e. The minimum atomic E-state index is -6.14. The van der Waals surface area contributed by atoms with Crippen LogP contribution in [0.25, 0.3) is 0 Å². The van der Waals surface area contributed by atoms with Gasteiger partial charge in [-0.05, 0) is 0 Å². The van der Waals surface area contributed by atoms with Gasteiger partial charge in [-0.15, -0.1) is 0 Å². The molecule has 0 aliphatic rings. The lowest BCUT2D eigenvalue weighted by Crippen LogP contribution is -2.58. The van der Waals surface area contributed by atoms with Crippen molar-refractivity contribution in [1.29, 1.82) is 0 Å². The highest BCUT2D eigenvalue weighted by molar-refractivity contribution is 4.80. The fourth-order valence-electron chi connectivity index (χ4n) is 0.980. The van der Waals surface area contributed by atoms with E-state index in [0.29, 0.717) is 0 Å². The van der Waals surface area contributed by atoms with Crippen LogP contribution in [0.4, 0.5) is 43.9 Å². The van der Waals surface area contributed by atoms with E-state index >= 15 is 0 Å². The normalized spacial score (nSPS) is 14.8. The van der Waals surface area contributed by atoms with Gasteiger partial charge in [-0.3, -0.25) is 0 Å². The van der Waals surface area contributed by atoms with Crippen molar-refractivity contribution >= 4 is 0 Å². The Kier molecular flexibility index (Phi) is 3.28. The molecule has 110 valence electrons. The molecule has 0 saturated heterocycles. The van der Waals surface area contributed by atoms with Gasteiger partial charge in [-0.25, -0.2) is 0 Å². The molecule has 0 radical (unpaired) electrons. The molecule has 19 heavy (non-hydrogen) atoms. The fraction of sp³-hybridized carbons (Fsp3) is 0.571. The molecule has 2 nitrogen and oxygen atoms in total. The number of nitrogens with zero attached hydrogens (tertiary/aromatic N) is 2. The summed E-state index contributed by atoms with van der Waals surface area (Å²) in [6.45, 7) is 0. The van der Waals surface area contributed by atoms with E-state index in [1.807, 2.05) is 0 Å². The standard InChI is InChI=1S/C7H3F10N2/c8-4(9,10)6(14,15)18-1-2-19(3-18)7(16,17)5(11,12)13/h1-3H/q+1. The maximum atomic E-state index is 12.7. The van der Waals surface area contributed by atoms with Gasteiger partial charge in [-0.1, -0.05) is 0 Å². The van der Waals surface area contributed by atoms with Gasteiger partial charge in [0.2, 0.25) is 0 Å². The molecule has 1 aromatic rings. The average Bonchev–Trinajstić information content (AvgIpc) is 2.62. The van der Waals surface area contributed by atoms with Gasteiger partial charge in [0.05, 0.1) is 0 Å². The summed E-state index contributed by atoms with van der Waals surface area (Å²) in [5.41, 5.74) is 0. The van der Waals surface area contributed by atoms with Crippen LogP contribution in [0, 0.1) is 0 Å². The minimum Gasteiger partial charge on any atom is -0.166 e. The maximum absolute atomic E-state index is 12.7. The Morgan fingerprint density at radius 3 is 1.58 bits per heavy atom. The molecule has 1 rings (SSSR count). The second kappa shape index (κ2) is 4.00. The van der Waals surface area contributed by atoms with E-state index < -0.39 is 39.9 Å². The summed E-state index contributed by atoms with van der Waals surface area (Å²) in [5, 5.41) is 0. The number of imidazole rings is 1. The van der Waals surface area contributed by atoms with E-state index in [1.165, 1.54) is 0 Å². The zero-order valence-corrected chi connectivity index (χ0v) is 8.41. The molecule has 0 spiro atoms. The molecule has 0 unspecified atom stereocenters. The van der Waals surface area contributed by atoms with Crippen molar-refractivity contribution in [2.24, 2.45) is 0 Å². The first-order valence-electron chi connectivity index (χ1n) is 4.20. The predicted octanol–water partition coefficient (Wildman–Crippen LogP) is 3.00. The second-order valence-corrected chi connectivity index (χ2v) is 3.31. The Balaban J connectivity index is 3.22. The van der Waals surface area contributed by atoms with Crippen LogP contribution in [0.3, 0.4) is 0 Å². The van der Waals surface area contributed by atoms with Crippen molar-refractivity contribution in [3.05, 3.63) is 18.7 Å². The molecule has 0 aromatic carbocycles. The number of aromatic nitrogens is 2. The largest absolute Gasteiger partial charge is 0.500 e. The molecular weight excluding hydrogens is 302 g/mol. The molecule has 0 saturated carbocycles. The van der Waals surface area contributed by atoms with Crippen LogP contribution in [-0.2, 0) is 12.1 Å². The summed E-state index contributed by atoms with van der Waals surface area (Å²) in [7, 11) is 0. The van der Waals surface area contributed by atoms with E-state index in [4.69, 9.17) is 0 Å². The predicted molar refractivity (Wildman–Crippen MR) is 37.1 cm³/mol. The Morgan fingerprint density at radius 2 is 1.21 bits per heavy atom. The second-order valence-electron chi connectivity index (χ2n) is 3.31. The Hall–Kier alpha value is -1.49. The number of hydrogen-bond acceptors (Lipinski definition) is 0. The molecule has 0 aliphatic carbocycles. The van der Waals surface area contributed by atoms with Crippen LogP contribution in [0.2, 0.25) is 0 Å². The number of hydrogen-bond donors (Lipinski definition) is 0. The SMILES string of the molecule is FC(F)(F)C(F)(F)n1cc[n+](C(F)(F)C(F)(F)F)c1. The van der Waals surface area contributed by atoms with Gasteiger partial charge in [0.1, 0.15) is 12.4 Å². The third-order valence-electron chi connectivity index (χ3n) is 1.97. The van der Waals surface area contributed by atoms with Crippen molar-refractivity contribution in [3.8, 4) is 0 Å². The van der Waals surface area contributed by atoms with Crippen LogP contribution in [0.15, 0.2) is 18.7 Å². The molecule has 1 heterocycles. The summed E-state index contributed by atoms with van der Waals surface area (Å²) in [5.74, 6) is 0. The molecule has 1 aromatic heterocycles. The first-order valence-corrected chi connectivity index (χ1v) is 4.20. The summed E-state index contributed by atoms with van der Waals surface area (Å²) in [4.78, 5) is 0. The van der Waals surface area contributed by atoms with E-state index in [9.17, 15) is 43.9 Å². The van der Waals surface area contributed by atoms with Crippen molar-refractivity contribution in [1.82, 2.24) is 4.57 Å². The lowest BCUT2D eigenvalue weighted by Gasteiger charge is -2.16. The van der Waals surface area contributed by atoms with Crippen LogP contribution in [-0.4, -0.2) is 16.9 Å². The van der Waals surface area contributed by atoms with E-state index in [2.05, 4.69) is 0 Å². The van der Waals surface area contributed by atoms with Crippen LogP contribution in [0.5, 0.6) is 0 Å². The third kappa shape index (κ3) is 2.47. The summed E-state index contributed by atoms with van der Waals surface area (Å²) in [6.07, 6.45) is -13.4. The molecule has 0 amide bonds. The quantitative estimate of drug-likeness (QED) is 0.587. The summed E-state index contributed by atoms with van der Waals surface area (Å²) >= 11 is 0. The molecule has 0 fully saturated rings. The highest BCUT2D eigenvalue weighted by Gasteiger charge is 2.67. The Labute approximate surface area is 97.4 Å². The van der Waals surface area contributed by atoms with Crippen molar-refractivity contribution in [3.63, 3.8) is 0 Å². The Morgan fingerprint density at radius 1 is 0.737 bits per heavy atom. The van der Waals surface area contributed by atoms with E-state index in [1.54, 1.807) is 0 Å². The molecule has 0 aliphatic heterocycles. The van der Waals surface area contributed by atoms with E-state index in [0.717, 1.165) is 0 Å². The topological polar surface area (TPSA) is 8.81 Å². The van der Waals surface area contributed by atoms with Gasteiger partial charge < -0.3 is 0 Å². The fourth-order valence-corrected chi connectivity index (χ4v) is 0.980. The van der Waals surface area contributed by atoms with Crippen molar-refractivity contribution in [2.75, 3.05) is 0 Å². The van der Waals surface area contributed by atoms with Crippen LogP contribution < -0.4 is 4.57 Å². The molecule has 0 bridgehead atoms. The first kappa shape index (κ1) is 15.6. The molecule has 0 N–H and O–H groups in total. The molecule has 0 atom stereocenters.